The largest absolute Gasteiger partial charge is 0.341 e. The molecule has 4 aromatic rings. The summed E-state index contributed by atoms with van der Waals surface area (Å²) in [5, 5.41) is 3.75. The lowest BCUT2D eigenvalue weighted by Gasteiger charge is -2.18. The van der Waals surface area contributed by atoms with E-state index >= 15 is 0 Å². The van der Waals surface area contributed by atoms with Crippen LogP contribution in [0, 0.1) is 24.0 Å². The maximum atomic E-state index is 14.8. The number of rotatable bonds is 6. The number of aromatic nitrogens is 2. The monoisotopic (exact) mass is 442 g/mol. The zero-order valence-corrected chi connectivity index (χ0v) is 17.8. The Morgan fingerprint density at radius 2 is 1.91 bits per heavy atom. The number of terminal acetylenes is 1. The Balaban J connectivity index is 1.59. The first-order valence-corrected chi connectivity index (χ1v) is 10.2. The van der Waals surface area contributed by atoms with Crippen molar-refractivity contribution in [2.45, 2.75) is 13.0 Å². The molecule has 33 heavy (non-hydrogen) atoms. The lowest BCUT2D eigenvalue weighted by molar-refractivity contribution is -0.129. The van der Waals surface area contributed by atoms with E-state index in [1.54, 1.807) is 31.3 Å². The first-order chi connectivity index (χ1) is 15.9. The Morgan fingerprint density at radius 3 is 2.70 bits per heavy atom. The minimum absolute atomic E-state index is 0.158. The van der Waals surface area contributed by atoms with Crippen LogP contribution in [0.4, 0.5) is 20.3 Å². The molecule has 0 spiro atoms. The second-order valence-corrected chi connectivity index (χ2v) is 7.59. The van der Waals surface area contributed by atoms with Crippen molar-refractivity contribution >= 4 is 28.3 Å². The molecule has 0 radical (unpaired) electrons. The van der Waals surface area contributed by atoms with Gasteiger partial charge >= 0.3 is 0 Å². The van der Waals surface area contributed by atoms with Gasteiger partial charge in [0.2, 0.25) is 5.91 Å². The van der Waals surface area contributed by atoms with Crippen molar-refractivity contribution in [1.82, 2.24) is 14.9 Å². The van der Waals surface area contributed by atoms with Crippen molar-refractivity contribution in [2.24, 2.45) is 0 Å². The molecule has 0 unspecified atom stereocenters. The van der Waals surface area contributed by atoms with Gasteiger partial charge in [-0.2, -0.15) is 0 Å². The second kappa shape index (κ2) is 9.45. The fourth-order valence-electron chi connectivity index (χ4n) is 3.48. The summed E-state index contributed by atoms with van der Waals surface area (Å²) < 4.78 is 28.2. The third-order valence-corrected chi connectivity index (χ3v) is 5.17. The quantitative estimate of drug-likeness (QED) is 0.435. The Morgan fingerprint density at radius 1 is 1.09 bits per heavy atom. The van der Waals surface area contributed by atoms with Gasteiger partial charge in [-0.1, -0.05) is 24.1 Å². The molecule has 7 heteroatoms. The smallest absolute Gasteiger partial charge is 0.227 e. The summed E-state index contributed by atoms with van der Waals surface area (Å²) in [6, 6.07) is 16.1. The lowest BCUT2D eigenvalue weighted by Crippen LogP contribution is -2.28. The Labute approximate surface area is 190 Å². The maximum Gasteiger partial charge on any atom is 0.227 e. The molecule has 1 heterocycles. The zero-order chi connectivity index (χ0) is 23.4. The molecule has 0 atom stereocenters. The number of nitrogens with zero attached hydrogens (tertiary/aromatic N) is 3. The molecular formula is C26H20F2N4O. The number of fused-ring (bicyclic) bond motifs is 1. The highest BCUT2D eigenvalue weighted by atomic mass is 19.1. The topological polar surface area (TPSA) is 58.1 Å². The van der Waals surface area contributed by atoms with Crippen LogP contribution in [-0.4, -0.2) is 27.8 Å². The Hall–Kier alpha value is -4.31. The third-order valence-electron chi connectivity index (χ3n) is 5.17. The number of anilines is 2. The molecule has 3 aromatic carbocycles. The summed E-state index contributed by atoms with van der Waals surface area (Å²) in [5.41, 5.74) is 2.70. The highest BCUT2D eigenvalue weighted by Gasteiger charge is 2.16. The molecule has 0 aliphatic rings. The number of amides is 1. The summed E-state index contributed by atoms with van der Waals surface area (Å²) in [6.45, 7) is 0.216. The van der Waals surface area contributed by atoms with Crippen molar-refractivity contribution in [1.29, 1.82) is 0 Å². The van der Waals surface area contributed by atoms with E-state index < -0.39 is 5.82 Å². The van der Waals surface area contributed by atoms with Crippen LogP contribution < -0.4 is 5.32 Å². The van der Waals surface area contributed by atoms with E-state index in [4.69, 9.17) is 6.42 Å². The van der Waals surface area contributed by atoms with E-state index in [0.29, 0.717) is 27.8 Å². The summed E-state index contributed by atoms with van der Waals surface area (Å²) in [7, 11) is 1.60. The number of hydrogen-bond donors (Lipinski definition) is 1. The van der Waals surface area contributed by atoms with Crippen LogP contribution in [0.25, 0.3) is 10.9 Å². The first-order valence-electron chi connectivity index (χ1n) is 10.2. The molecule has 0 bridgehead atoms. The van der Waals surface area contributed by atoms with Crippen LogP contribution >= 0.6 is 0 Å². The average Bonchev–Trinajstić information content (AvgIpc) is 2.80. The van der Waals surface area contributed by atoms with Gasteiger partial charge in [-0.15, -0.1) is 6.42 Å². The van der Waals surface area contributed by atoms with E-state index in [9.17, 15) is 13.6 Å². The van der Waals surface area contributed by atoms with Crippen LogP contribution in [0.15, 0.2) is 67.0 Å². The Bertz CT molecular complexity index is 1380. The predicted octanol–water partition coefficient (Wildman–Crippen LogP) is 4.83. The van der Waals surface area contributed by atoms with E-state index in [1.807, 2.05) is 18.2 Å². The van der Waals surface area contributed by atoms with Gasteiger partial charge in [-0.05, 0) is 47.5 Å². The molecule has 164 valence electrons. The minimum atomic E-state index is -0.533. The molecule has 5 nitrogen and oxygen atoms in total. The average molecular weight is 442 g/mol. The van der Waals surface area contributed by atoms with Gasteiger partial charge in [0.25, 0.3) is 0 Å². The molecule has 0 saturated carbocycles. The van der Waals surface area contributed by atoms with Gasteiger partial charge < -0.3 is 10.2 Å². The second-order valence-electron chi connectivity index (χ2n) is 7.59. The van der Waals surface area contributed by atoms with Crippen LogP contribution in [0.5, 0.6) is 0 Å². The first kappa shape index (κ1) is 21.9. The van der Waals surface area contributed by atoms with Gasteiger partial charge in [0.05, 0.1) is 11.9 Å². The third kappa shape index (κ3) is 5.13. The van der Waals surface area contributed by atoms with Crippen LogP contribution in [-0.2, 0) is 17.8 Å². The van der Waals surface area contributed by atoms with Crippen molar-refractivity contribution in [3.05, 3.63) is 95.3 Å². The van der Waals surface area contributed by atoms with E-state index in [0.717, 1.165) is 5.69 Å². The summed E-state index contributed by atoms with van der Waals surface area (Å²) in [5.74, 6) is 1.84. The van der Waals surface area contributed by atoms with Crippen LogP contribution in [0.1, 0.15) is 16.7 Å². The fraction of sp³-hybridized carbons (Fsp3) is 0.115. The fourth-order valence-corrected chi connectivity index (χ4v) is 3.48. The number of likely N-dealkylation sites (N-methyl/N-ethyl adjacent to an activating group) is 1. The maximum absolute atomic E-state index is 14.8. The van der Waals surface area contributed by atoms with Crippen molar-refractivity contribution in [3.63, 3.8) is 0 Å². The molecule has 0 aliphatic carbocycles. The van der Waals surface area contributed by atoms with E-state index in [-0.39, 0.29) is 30.3 Å². The standard InChI is InChI=1S/C26H20F2N4O/c1-3-17-6-5-9-21(11-17)31-26-22-12-19(23(28)14-24(22)29-16-30-26)13-25(33)32(2)15-18-7-4-8-20(27)10-18/h1,4-12,14,16H,13,15H2,2H3,(H,29,30,31). The number of benzene rings is 3. The van der Waals surface area contributed by atoms with Gasteiger partial charge in [-0.25, -0.2) is 18.7 Å². The minimum Gasteiger partial charge on any atom is -0.341 e. The summed E-state index contributed by atoms with van der Waals surface area (Å²) >= 11 is 0. The number of carbonyl (C=O) groups is 1. The molecule has 1 N–H and O–H groups in total. The molecule has 0 fully saturated rings. The van der Waals surface area contributed by atoms with E-state index in [1.165, 1.54) is 29.4 Å². The molecule has 1 aromatic heterocycles. The molecular weight excluding hydrogens is 422 g/mol. The highest BCUT2D eigenvalue weighted by molar-refractivity contribution is 5.92. The summed E-state index contributed by atoms with van der Waals surface area (Å²) in [6.07, 6.45) is 6.65. The molecule has 4 rings (SSSR count). The van der Waals surface area contributed by atoms with Crippen LogP contribution in [0.3, 0.4) is 0 Å². The Kier molecular flexibility index (Phi) is 6.27. The SMILES string of the molecule is C#Cc1cccc(Nc2ncnc3cc(F)c(CC(=O)N(C)Cc4cccc(F)c4)cc23)c1. The number of carbonyl (C=O) groups excluding carboxylic acids is 1. The summed E-state index contributed by atoms with van der Waals surface area (Å²) in [4.78, 5) is 22.6. The van der Waals surface area contributed by atoms with Crippen LogP contribution in [0.2, 0.25) is 0 Å². The van der Waals surface area contributed by atoms with Crippen molar-refractivity contribution in [2.75, 3.05) is 12.4 Å². The predicted molar refractivity (Wildman–Crippen MR) is 124 cm³/mol. The van der Waals surface area contributed by atoms with Gasteiger partial charge in [0.1, 0.15) is 23.8 Å². The normalized spacial score (nSPS) is 10.6. The van der Waals surface area contributed by atoms with Crippen molar-refractivity contribution < 1.29 is 13.6 Å². The van der Waals surface area contributed by atoms with Crippen molar-refractivity contribution in [3.8, 4) is 12.3 Å². The molecule has 1 amide bonds. The highest BCUT2D eigenvalue weighted by Crippen LogP contribution is 2.26. The lowest BCUT2D eigenvalue weighted by atomic mass is 10.1. The van der Waals surface area contributed by atoms with Gasteiger partial charge in [-0.3, -0.25) is 4.79 Å². The zero-order valence-electron chi connectivity index (χ0n) is 17.8. The number of hydrogen-bond acceptors (Lipinski definition) is 4. The molecule has 0 saturated heterocycles. The van der Waals surface area contributed by atoms with Gasteiger partial charge in [0.15, 0.2) is 0 Å². The molecule has 0 aliphatic heterocycles. The van der Waals surface area contributed by atoms with E-state index in [2.05, 4.69) is 21.2 Å². The number of halogens is 2. The number of nitrogens with one attached hydrogen (secondary N) is 1. The van der Waals surface area contributed by atoms with Gasteiger partial charge in [0, 0.05) is 36.3 Å².